The van der Waals surface area contributed by atoms with Crippen LogP contribution in [0.3, 0.4) is 0 Å². The van der Waals surface area contributed by atoms with Crippen LogP contribution >= 0.6 is 0 Å². The summed E-state index contributed by atoms with van der Waals surface area (Å²) in [4.78, 5) is 49.3. The molecule has 210 valence electrons. The minimum absolute atomic E-state index is 0.0499. The van der Waals surface area contributed by atoms with Crippen LogP contribution in [0.2, 0.25) is 0 Å². The van der Waals surface area contributed by atoms with Gasteiger partial charge >= 0.3 is 6.09 Å². The van der Waals surface area contributed by atoms with E-state index in [2.05, 4.69) is 15.3 Å². The molecule has 1 aromatic carbocycles. The third-order valence-electron chi connectivity index (χ3n) is 7.16. The summed E-state index contributed by atoms with van der Waals surface area (Å²) in [5, 5.41) is 3.47. The molecule has 0 bridgehead atoms. The average Bonchev–Trinajstić information content (AvgIpc) is 3.49. The lowest BCUT2D eigenvalue weighted by molar-refractivity contribution is -0.138. The number of ketones is 1. The van der Waals surface area contributed by atoms with Gasteiger partial charge in [-0.2, -0.15) is 4.31 Å². The fourth-order valence-corrected chi connectivity index (χ4v) is 7.09. The number of aromatic nitrogens is 2. The predicted octanol–water partition coefficient (Wildman–Crippen LogP) is 2.52. The quantitative estimate of drug-likeness (QED) is 0.440. The summed E-state index contributed by atoms with van der Waals surface area (Å²) < 4.78 is 33.1. The minimum atomic E-state index is -3.84. The predicted molar refractivity (Wildman–Crippen MR) is 147 cm³/mol. The first kappa shape index (κ1) is 27.7. The molecule has 11 nitrogen and oxygen atoms in total. The molecule has 3 unspecified atom stereocenters. The van der Waals surface area contributed by atoms with E-state index >= 15 is 0 Å². The topological polar surface area (TPSA) is 139 Å². The molecule has 40 heavy (non-hydrogen) atoms. The zero-order chi connectivity index (χ0) is 28.4. The maximum atomic E-state index is 13.7. The first-order valence-corrected chi connectivity index (χ1v) is 14.8. The number of hydrogen-bond donors (Lipinski definition) is 1. The molecule has 0 spiro atoms. The number of hydrogen-bond acceptors (Lipinski definition) is 8. The van der Waals surface area contributed by atoms with Crippen LogP contribution in [-0.4, -0.2) is 76.6 Å². The fraction of sp³-hybridized carbons (Fsp3) is 0.393. The third kappa shape index (κ3) is 5.82. The van der Waals surface area contributed by atoms with Crippen molar-refractivity contribution in [3.05, 3.63) is 66.6 Å². The molecular weight excluding hydrogens is 534 g/mol. The lowest BCUT2D eigenvalue weighted by Gasteiger charge is -2.28. The molecule has 2 aromatic heterocycles. The van der Waals surface area contributed by atoms with E-state index in [1.165, 1.54) is 15.4 Å². The summed E-state index contributed by atoms with van der Waals surface area (Å²) in [7, 11) is -3.84. The van der Waals surface area contributed by atoms with Crippen LogP contribution in [0, 0.1) is 5.92 Å². The van der Waals surface area contributed by atoms with Crippen molar-refractivity contribution in [3.63, 3.8) is 0 Å². The Morgan fingerprint density at radius 3 is 2.65 bits per heavy atom. The highest BCUT2D eigenvalue weighted by Crippen LogP contribution is 2.33. The van der Waals surface area contributed by atoms with E-state index in [0.29, 0.717) is 24.3 Å². The van der Waals surface area contributed by atoms with Gasteiger partial charge in [0.1, 0.15) is 23.6 Å². The highest BCUT2D eigenvalue weighted by molar-refractivity contribution is 7.88. The van der Waals surface area contributed by atoms with E-state index in [1.54, 1.807) is 48.7 Å². The number of benzene rings is 1. The Balaban J connectivity index is 1.29. The number of carbonyl (C=O) groups is 3. The summed E-state index contributed by atoms with van der Waals surface area (Å²) in [6, 6.07) is 11.2. The molecule has 2 aliphatic heterocycles. The van der Waals surface area contributed by atoms with E-state index in [0.717, 1.165) is 10.9 Å². The van der Waals surface area contributed by atoms with Gasteiger partial charge in [-0.1, -0.05) is 26.0 Å². The van der Waals surface area contributed by atoms with Gasteiger partial charge in [0.15, 0.2) is 5.78 Å². The van der Waals surface area contributed by atoms with Crippen LogP contribution in [-0.2, 0) is 25.4 Å². The number of nitrogens with one attached hydrogen (secondary N) is 1. The maximum Gasteiger partial charge on any atom is 0.413 e. The lowest BCUT2D eigenvalue weighted by atomic mass is 10.0. The zero-order valence-electron chi connectivity index (χ0n) is 22.3. The molecular formula is C28H31N5O6S. The van der Waals surface area contributed by atoms with E-state index in [-0.39, 0.29) is 30.5 Å². The summed E-state index contributed by atoms with van der Waals surface area (Å²) in [6.45, 7) is 3.75. The Hall–Kier alpha value is -3.90. The highest BCUT2D eigenvalue weighted by Gasteiger charge is 2.54. The summed E-state index contributed by atoms with van der Waals surface area (Å²) in [5.41, 5.74) is 1.13. The molecule has 5 rings (SSSR count). The molecule has 12 heteroatoms. The second-order valence-electron chi connectivity index (χ2n) is 10.5. The Kier molecular flexibility index (Phi) is 7.81. The number of pyridine rings is 2. The van der Waals surface area contributed by atoms with Crippen molar-refractivity contribution in [2.45, 2.75) is 50.6 Å². The van der Waals surface area contributed by atoms with Gasteiger partial charge in [-0.15, -0.1) is 0 Å². The van der Waals surface area contributed by atoms with Crippen LogP contribution < -0.4 is 10.1 Å². The number of nitrogens with zero attached hydrogens (tertiary/aromatic N) is 4. The van der Waals surface area contributed by atoms with Crippen molar-refractivity contribution in [1.29, 1.82) is 0 Å². The van der Waals surface area contributed by atoms with E-state index < -0.39 is 40.1 Å². The molecule has 0 radical (unpaired) electrons. The number of fused-ring (bicyclic) bond motifs is 2. The van der Waals surface area contributed by atoms with Crippen molar-refractivity contribution in [2.75, 3.05) is 13.1 Å². The second kappa shape index (κ2) is 11.3. The number of Topliss-reactive ketones (excluding diaryl/α,β-unsaturated/α-hetero) is 1. The lowest BCUT2D eigenvalue weighted by Crippen LogP contribution is -2.53. The van der Waals surface area contributed by atoms with Gasteiger partial charge in [0.2, 0.25) is 15.9 Å². The molecule has 1 N–H and O–H groups in total. The van der Waals surface area contributed by atoms with Crippen molar-refractivity contribution in [3.8, 4) is 5.75 Å². The van der Waals surface area contributed by atoms with Crippen LogP contribution in [0.1, 0.15) is 32.4 Å². The van der Waals surface area contributed by atoms with Gasteiger partial charge < -0.3 is 15.0 Å². The van der Waals surface area contributed by atoms with Gasteiger partial charge in [-0.3, -0.25) is 19.6 Å². The number of carbonyl (C=O) groups excluding carboxylic acids is 3. The van der Waals surface area contributed by atoms with Crippen LogP contribution in [0.5, 0.6) is 5.75 Å². The molecule has 2 saturated heterocycles. The van der Waals surface area contributed by atoms with Crippen molar-refractivity contribution >= 4 is 38.7 Å². The standard InChI is InChI=1S/C28H31N5O6S/c1-18(2)14-23(31-28(36)39-21-8-9-22-19(15-21)6-5-12-30-22)27(35)32-13-10-24-26(32)25(34)16-33(24)40(37,38)17-20-7-3-4-11-29-20/h3-9,11-12,15,18,23-24,26H,10,13-14,16-17H2,1-2H3,(H,31,36). The maximum absolute atomic E-state index is 13.7. The van der Waals surface area contributed by atoms with Crippen molar-refractivity contribution < 1.29 is 27.5 Å². The molecule has 2 amide bonds. The SMILES string of the molecule is CC(C)CC(NC(=O)Oc1ccc2ncccc2c1)C(=O)N1CCC2C1C(=O)CN2S(=O)(=O)Cc1ccccn1. The normalized spacial score (nSPS) is 20.1. The Morgan fingerprint density at radius 1 is 1.10 bits per heavy atom. The average molecular weight is 566 g/mol. The number of sulfonamides is 1. The molecule has 3 aromatic rings. The van der Waals surface area contributed by atoms with Gasteiger partial charge in [0.25, 0.3) is 0 Å². The van der Waals surface area contributed by atoms with Gasteiger partial charge in [0, 0.05) is 24.3 Å². The van der Waals surface area contributed by atoms with E-state index in [4.69, 9.17) is 4.74 Å². The van der Waals surface area contributed by atoms with Gasteiger partial charge in [0.05, 0.1) is 23.8 Å². The number of rotatable bonds is 8. The molecule has 0 saturated carbocycles. The Bertz CT molecular complexity index is 1530. The number of likely N-dealkylation sites (tertiary alicyclic amines) is 1. The molecule has 2 aliphatic rings. The van der Waals surface area contributed by atoms with Crippen LogP contribution in [0.4, 0.5) is 4.79 Å². The van der Waals surface area contributed by atoms with Crippen molar-refractivity contribution in [2.24, 2.45) is 5.92 Å². The first-order chi connectivity index (χ1) is 19.1. The molecule has 0 aliphatic carbocycles. The van der Waals surface area contributed by atoms with E-state index in [1.807, 2.05) is 19.9 Å². The molecule has 3 atom stereocenters. The highest BCUT2D eigenvalue weighted by atomic mass is 32.2. The summed E-state index contributed by atoms with van der Waals surface area (Å²) in [6.07, 6.45) is 3.04. The third-order valence-corrected chi connectivity index (χ3v) is 8.93. The zero-order valence-corrected chi connectivity index (χ0v) is 23.1. The smallest absolute Gasteiger partial charge is 0.410 e. The monoisotopic (exact) mass is 565 g/mol. The Morgan fingerprint density at radius 2 is 1.90 bits per heavy atom. The number of amides is 2. The summed E-state index contributed by atoms with van der Waals surface area (Å²) in [5.74, 6) is -0.745. The van der Waals surface area contributed by atoms with Gasteiger partial charge in [-0.05, 0) is 55.2 Å². The number of ether oxygens (including phenoxy) is 1. The van der Waals surface area contributed by atoms with Crippen molar-refractivity contribution in [1.82, 2.24) is 24.5 Å². The second-order valence-corrected chi connectivity index (χ2v) is 12.4. The molecule has 4 heterocycles. The first-order valence-electron chi connectivity index (χ1n) is 13.2. The Labute approximate surface area is 232 Å². The minimum Gasteiger partial charge on any atom is -0.410 e. The van der Waals surface area contributed by atoms with E-state index in [9.17, 15) is 22.8 Å². The fourth-order valence-electron chi connectivity index (χ4n) is 5.42. The van der Waals surface area contributed by atoms with Crippen LogP contribution in [0.25, 0.3) is 10.9 Å². The largest absolute Gasteiger partial charge is 0.413 e. The summed E-state index contributed by atoms with van der Waals surface area (Å²) >= 11 is 0. The van der Waals surface area contributed by atoms with Crippen LogP contribution in [0.15, 0.2) is 60.9 Å². The van der Waals surface area contributed by atoms with Gasteiger partial charge in [-0.25, -0.2) is 13.2 Å². The molecule has 2 fully saturated rings.